The van der Waals surface area contributed by atoms with E-state index in [1.807, 2.05) is 20.8 Å². The van der Waals surface area contributed by atoms with Crippen LogP contribution in [-0.2, 0) is 17.7 Å². The van der Waals surface area contributed by atoms with Gasteiger partial charge in [0.1, 0.15) is 0 Å². The molecular weight excluding hydrogens is 356 g/mol. The van der Waals surface area contributed by atoms with E-state index < -0.39 is 9.05 Å². The summed E-state index contributed by atoms with van der Waals surface area (Å²) in [6, 6.07) is 0. The Morgan fingerprint density at radius 3 is 1.07 bits per heavy atom. The molecule has 0 N–H and O–H groups in total. The lowest BCUT2D eigenvalue weighted by molar-refractivity contribution is -0.0280. The van der Waals surface area contributed by atoms with Gasteiger partial charge in [0, 0.05) is 26.4 Å². The number of unbranched alkanes of at least 4 members (excludes halogenated alkanes) is 13. The van der Waals surface area contributed by atoms with Gasteiger partial charge in [-0.25, -0.2) is 0 Å². The van der Waals surface area contributed by atoms with Crippen molar-refractivity contribution in [1.82, 2.24) is 0 Å². The molecule has 0 unspecified atom stereocenters. The van der Waals surface area contributed by atoms with Crippen molar-refractivity contribution in [3.63, 3.8) is 0 Å². The highest BCUT2D eigenvalue weighted by Crippen LogP contribution is 2.15. The molecule has 0 bridgehead atoms. The van der Waals surface area contributed by atoms with Crippen molar-refractivity contribution in [2.24, 2.45) is 0 Å². The van der Waals surface area contributed by atoms with Crippen LogP contribution in [-0.4, -0.2) is 35.5 Å². The molecule has 0 aromatic rings. The van der Waals surface area contributed by atoms with Gasteiger partial charge in [-0.15, -0.1) is 0 Å². The Balaban J connectivity index is 3.49. The second kappa shape index (κ2) is 20.8. The molecule has 0 rings (SSSR count). The number of hydrogen-bond donors (Lipinski definition) is 0. The summed E-state index contributed by atoms with van der Waals surface area (Å²) >= 11 is 0. The van der Waals surface area contributed by atoms with Gasteiger partial charge in [0.25, 0.3) is 0 Å². The topological polar surface area (TPSA) is 36.9 Å². The van der Waals surface area contributed by atoms with Crippen molar-refractivity contribution in [3.8, 4) is 0 Å². The molecule has 0 aliphatic heterocycles. The Hall–Kier alpha value is 0.0569. The SMILES string of the molecule is CCCCCCCCCCCCCCCCO[Si](OCC)(OCC)OCC. The van der Waals surface area contributed by atoms with E-state index in [9.17, 15) is 0 Å². The number of hydrogen-bond acceptors (Lipinski definition) is 4. The van der Waals surface area contributed by atoms with Gasteiger partial charge in [-0.3, -0.25) is 0 Å². The van der Waals surface area contributed by atoms with Gasteiger partial charge in [0.2, 0.25) is 0 Å². The third-order valence-corrected chi connectivity index (χ3v) is 7.22. The molecule has 0 atom stereocenters. The lowest BCUT2D eigenvalue weighted by Crippen LogP contribution is -2.49. The minimum atomic E-state index is -2.90. The third kappa shape index (κ3) is 16.7. The standard InChI is InChI=1S/C22H48O4Si/c1-5-9-10-11-12-13-14-15-16-17-18-19-20-21-22-26-27(23-6-2,24-7-3)25-8-4/h5-22H2,1-4H3. The van der Waals surface area contributed by atoms with Crippen molar-refractivity contribution >= 4 is 9.05 Å². The average Bonchev–Trinajstić information content (AvgIpc) is 2.65. The first-order chi connectivity index (χ1) is 13.2. The van der Waals surface area contributed by atoms with E-state index in [1.165, 1.54) is 83.5 Å². The van der Waals surface area contributed by atoms with Crippen molar-refractivity contribution in [2.45, 2.75) is 118 Å². The third-order valence-electron chi connectivity index (χ3n) is 4.74. The van der Waals surface area contributed by atoms with Gasteiger partial charge in [0.15, 0.2) is 0 Å². The van der Waals surface area contributed by atoms with Crippen molar-refractivity contribution in [1.29, 1.82) is 0 Å². The van der Waals surface area contributed by atoms with E-state index in [0.29, 0.717) is 26.4 Å². The maximum Gasteiger partial charge on any atom is 0.679 e. The Kier molecular flexibility index (Phi) is 20.8. The predicted molar refractivity (Wildman–Crippen MR) is 117 cm³/mol. The summed E-state index contributed by atoms with van der Waals surface area (Å²) in [6.07, 6.45) is 19.1. The molecule has 27 heavy (non-hydrogen) atoms. The predicted octanol–water partition coefficient (Wildman–Crippen LogP) is 7.03. The van der Waals surface area contributed by atoms with E-state index >= 15 is 0 Å². The average molecular weight is 405 g/mol. The minimum Gasteiger partial charge on any atom is -0.351 e. The largest absolute Gasteiger partial charge is 0.679 e. The molecule has 164 valence electrons. The summed E-state index contributed by atoms with van der Waals surface area (Å²) in [7, 11) is -2.90. The molecule has 4 nitrogen and oxygen atoms in total. The van der Waals surface area contributed by atoms with Gasteiger partial charge in [0.05, 0.1) is 0 Å². The van der Waals surface area contributed by atoms with Gasteiger partial charge in [-0.2, -0.15) is 0 Å². The summed E-state index contributed by atoms with van der Waals surface area (Å²) in [6.45, 7) is 10.5. The van der Waals surface area contributed by atoms with Crippen LogP contribution in [0.2, 0.25) is 0 Å². The smallest absolute Gasteiger partial charge is 0.351 e. The molecule has 0 saturated carbocycles. The minimum absolute atomic E-state index is 0.560. The second-order valence-electron chi connectivity index (χ2n) is 7.24. The first-order valence-electron chi connectivity index (χ1n) is 11.8. The highest BCUT2D eigenvalue weighted by atomic mass is 28.4. The first-order valence-corrected chi connectivity index (χ1v) is 13.4. The maximum atomic E-state index is 5.93. The normalized spacial score (nSPS) is 12.0. The molecule has 0 aromatic carbocycles. The molecular formula is C22H48O4Si. The fourth-order valence-electron chi connectivity index (χ4n) is 3.27. The Morgan fingerprint density at radius 1 is 0.407 bits per heavy atom. The highest BCUT2D eigenvalue weighted by molar-refractivity contribution is 6.53. The maximum absolute atomic E-state index is 5.93. The fourth-order valence-corrected chi connectivity index (χ4v) is 5.23. The van der Waals surface area contributed by atoms with Crippen molar-refractivity contribution in [2.75, 3.05) is 26.4 Å². The van der Waals surface area contributed by atoms with Crippen LogP contribution in [0.3, 0.4) is 0 Å². The Labute approximate surface area is 171 Å². The van der Waals surface area contributed by atoms with Crippen LogP contribution in [0, 0.1) is 0 Å². The quantitative estimate of drug-likeness (QED) is 0.143. The van der Waals surface area contributed by atoms with E-state index in [4.69, 9.17) is 17.7 Å². The zero-order valence-corrected chi connectivity index (χ0v) is 19.9. The summed E-state index contributed by atoms with van der Waals surface area (Å²) in [5.41, 5.74) is 0. The molecule has 0 aliphatic rings. The summed E-state index contributed by atoms with van der Waals surface area (Å²) in [4.78, 5) is 0. The van der Waals surface area contributed by atoms with E-state index in [1.54, 1.807) is 0 Å². The summed E-state index contributed by atoms with van der Waals surface area (Å²) in [5.74, 6) is 0. The lowest BCUT2D eigenvalue weighted by atomic mass is 10.0. The zero-order valence-electron chi connectivity index (χ0n) is 18.9. The van der Waals surface area contributed by atoms with Crippen molar-refractivity contribution < 1.29 is 17.7 Å². The monoisotopic (exact) mass is 404 g/mol. The first kappa shape index (κ1) is 27.1. The Bertz CT molecular complexity index is 272. The highest BCUT2D eigenvalue weighted by Gasteiger charge is 2.44. The van der Waals surface area contributed by atoms with Gasteiger partial charge < -0.3 is 17.7 Å². The van der Waals surface area contributed by atoms with Gasteiger partial charge in [-0.1, -0.05) is 90.4 Å². The molecule has 0 saturated heterocycles. The molecule has 0 radical (unpaired) electrons. The summed E-state index contributed by atoms with van der Waals surface area (Å²) < 4.78 is 23.0. The van der Waals surface area contributed by atoms with E-state index in [2.05, 4.69) is 6.92 Å². The van der Waals surface area contributed by atoms with Crippen LogP contribution in [0.25, 0.3) is 0 Å². The molecule has 5 heteroatoms. The van der Waals surface area contributed by atoms with Gasteiger partial charge in [-0.05, 0) is 27.2 Å². The summed E-state index contributed by atoms with van der Waals surface area (Å²) in [5, 5.41) is 0. The van der Waals surface area contributed by atoms with E-state index in [0.717, 1.165) is 6.42 Å². The van der Waals surface area contributed by atoms with Crippen molar-refractivity contribution in [3.05, 3.63) is 0 Å². The molecule has 0 heterocycles. The zero-order chi connectivity index (χ0) is 20.1. The van der Waals surface area contributed by atoms with Gasteiger partial charge >= 0.3 is 9.05 Å². The van der Waals surface area contributed by atoms with Crippen LogP contribution in [0.4, 0.5) is 0 Å². The fraction of sp³-hybridized carbons (Fsp3) is 1.00. The number of rotatable bonds is 22. The Morgan fingerprint density at radius 2 is 0.741 bits per heavy atom. The molecule has 0 spiro atoms. The molecule has 0 aliphatic carbocycles. The van der Waals surface area contributed by atoms with Crippen LogP contribution in [0.15, 0.2) is 0 Å². The van der Waals surface area contributed by atoms with E-state index in [-0.39, 0.29) is 0 Å². The van der Waals surface area contributed by atoms with Crippen LogP contribution >= 0.6 is 0 Å². The lowest BCUT2D eigenvalue weighted by Gasteiger charge is -2.26. The molecule has 0 amide bonds. The van der Waals surface area contributed by atoms with Crippen LogP contribution < -0.4 is 0 Å². The van der Waals surface area contributed by atoms with Crippen LogP contribution in [0.5, 0.6) is 0 Å². The van der Waals surface area contributed by atoms with Crippen LogP contribution in [0.1, 0.15) is 118 Å². The second-order valence-corrected chi connectivity index (χ2v) is 9.40. The molecule has 0 aromatic heterocycles. The molecule has 0 fully saturated rings.